The van der Waals surface area contributed by atoms with Crippen LogP contribution in [0, 0.1) is 5.41 Å². The molecule has 4 nitrogen and oxygen atoms in total. The quantitative estimate of drug-likeness (QED) is 0.688. The van der Waals surface area contributed by atoms with Crippen molar-refractivity contribution < 1.29 is 8.42 Å². The largest absolute Gasteiger partial charge is 0.311 e. The molecule has 94 valence electrons. The van der Waals surface area contributed by atoms with Crippen molar-refractivity contribution in [3.63, 3.8) is 0 Å². The van der Waals surface area contributed by atoms with Crippen molar-refractivity contribution in [1.82, 2.24) is 9.62 Å². The highest BCUT2D eigenvalue weighted by molar-refractivity contribution is 7.89. The van der Waals surface area contributed by atoms with Crippen LogP contribution in [-0.2, 0) is 10.0 Å². The van der Waals surface area contributed by atoms with E-state index in [0.29, 0.717) is 18.3 Å². The molecule has 0 aromatic heterocycles. The van der Waals surface area contributed by atoms with Gasteiger partial charge in [-0.3, -0.25) is 0 Å². The van der Waals surface area contributed by atoms with Crippen LogP contribution >= 0.6 is 0 Å². The predicted molar refractivity (Wildman–Crippen MR) is 64.8 cm³/mol. The summed E-state index contributed by atoms with van der Waals surface area (Å²) in [6, 6.07) is 0.447. The zero-order valence-electron chi connectivity index (χ0n) is 10.4. The summed E-state index contributed by atoms with van der Waals surface area (Å²) in [5, 5.41) is 3.48. The molecule has 0 aliphatic carbocycles. The van der Waals surface area contributed by atoms with Crippen molar-refractivity contribution in [3.8, 4) is 0 Å². The Labute approximate surface area is 98.4 Å². The van der Waals surface area contributed by atoms with E-state index in [1.54, 1.807) is 4.31 Å². The number of fused-ring (bicyclic) bond motifs is 2. The van der Waals surface area contributed by atoms with Gasteiger partial charge in [0.25, 0.3) is 0 Å². The van der Waals surface area contributed by atoms with Gasteiger partial charge in [0.15, 0.2) is 0 Å². The number of hydrogen-bond donors (Lipinski definition) is 1. The van der Waals surface area contributed by atoms with Gasteiger partial charge < -0.3 is 5.32 Å². The molecule has 0 radical (unpaired) electrons. The van der Waals surface area contributed by atoms with Crippen LogP contribution in [0.15, 0.2) is 0 Å². The van der Waals surface area contributed by atoms with Crippen LogP contribution in [-0.4, -0.2) is 43.6 Å². The van der Waals surface area contributed by atoms with Crippen molar-refractivity contribution in [2.45, 2.75) is 45.7 Å². The van der Waals surface area contributed by atoms with Crippen LogP contribution in [0.3, 0.4) is 0 Å². The van der Waals surface area contributed by atoms with E-state index in [4.69, 9.17) is 0 Å². The topological polar surface area (TPSA) is 49.4 Å². The molecule has 0 aromatic carbocycles. The summed E-state index contributed by atoms with van der Waals surface area (Å²) < 4.78 is 26.1. The summed E-state index contributed by atoms with van der Waals surface area (Å²) in [6.45, 7) is 7.78. The second-order valence-corrected chi connectivity index (χ2v) is 8.06. The number of hydrogen-bond acceptors (Lipinski definition) is 3. The molecule has 16 heavy (non-hydrogen) atoms. The first-order chi connectivity index (χ1) is 7.31. The van der Waals surface area contributed by atoms with Gasteiger partial charge in [0, 0.05) is 25.2 Å². The molecule has 2 fully saturated rings. The van der Waals surface area contributed by atoms with Gasteiger partial charge >= 0.3 is 0 Å². The first kappa shape index (κ1) is 12.3. The summed E-state index contributed by atoms with van der Waals surface area (Å²) in [5.41, 5.74) is -0.00458. The van der Waals surface area contributed by atoms with Crippen molar-refractivity contribution in [3.05, 3.63) is 0 Å². The normalized spacial score (nSPS) is 39.1. The van der Waals surface area contributed by atoms with Gasteiger partial charge in [0.05, 0.1) is 5.75 Å². The highest BCUT2D eigenvalue weighted by atomic mass is 32.2. The third kappa shape index (κ3) is 2.26. The van der Waals surface area contributed by atoms with Crippen molar-refractivity contribution in [1.29, 1.82) is 0 Å². The van der Waals surface area contributed by atoms with Crippen LogP contribution in [0.25, 0.3) is 0 Å². The Bertz CT molecular complexity index is 359. The summed E-state index contributed by atoms with van der Waals surface area (Å²) in [4.78, 5) is 0. The van der Waals surface area contributed by atoms with Gasteiger partial charge in [0.1, 0.15) is 0 Å². The lowest BCUT2D eigenvalue weighted by Crippen LogP contribution is -2.61. The molecule has 2 bridgehead atoms. The Hall–Kier alpha value is -0.130. The summed E-state index contributed by atoms with van der Waals surface area (Å²) >= 11 is 0. The van der Waals surface area contributed by atoms with E-state index in [1.807, 2.05) is 0 Å². The second kappa shape index (κ2) is 3.96. The molecular formula is C11H22N2O2S. The Morgan fingerprint density at radius 3 is 2.62 bits per heavy atom. The first-order valence-corrected chi connectivity index (χ1v) is 7.64. The van der Waals surface area contributed by atoms with Gasteiger partial charge in [0.2, 0.25) is 10.0 Å². The number of nitrogens with one attached hydrogen (secondary N) is 1. The molecule has 0 saturated carbocycles. The molecule has 3 unspecified atom stereocenters. The van der Waals surface area contributed by atoms with E-state index in [0.717, 1.165) is 19.4 Å². The molecule has 1 N–H and O–H groups in total. The fourth-order valence-corrected chi connectivity index (χ4v) is 4.61. The lowest BCUT2D eigenvalue weighted by atomic mass is 9.85. The van der Waals surface area contributed by atoms with E-state index in [2.05, 4.69) is 26.1 Å². The lowest BCUT2D eigenvalue weighted by molar-refractivity contribution is 0.127. The lowest BCUT2D eigenvalue weighted by Gasteiger charge is -2.44. The van der Waals surface area contributed by atoms with Crippen LogP contribution in [0.2, 0.25) is 0 Å². The number of sulfonamides is 1. The third-order valence-corrected chi connectivity index (χ3v) is 5.58. The fourth-order valence-electron chi connectivity index (χ4n) is 2.66. The van der Waals surface area contributed by atoms with Crippen LogP contribution in [0.1, 0.15) is 33.6 Å². The Balaban J connectivity index is 2.31. The Kier molecular flexibility index (Phi) is 3.05. The molecule has 0 spiro atoms. The van der Waals surface area contributed by atoms with Gasteiger partial charge in [-0.2, -0.15) is 4.31 Å². The monoisotopic (exact) mass is 246 g/mol. The fraction of sp³-hybridized carbons (Fsp3) is 1.00. The zero-order chi connectivity index (χ0) is 12.0. The molecular weight excluding hydrogens is 224 g/mol. The molecule has 0 amide bonds. The first-order valence-electron chi connectivity index (χ1n) is 6.03. The maximum atomic E-state index is 12.2. The Morgan fingerprint density at radius 1 is 1.31 bits per heavy atom. The average molecular weight is 246 g/mol. The minimum Gasteiger partial charge on any atom is -0.311 e. The molecule has 2 aliphatic heterocycles. The standard InChI is InChI=1S/C11H22N2O2S/c1-11(2,3)10-7-12-9-5-4-6-16(14,15)13(10)8-9/h9-10,12H,4-8H2,1-3H3. The maximum absolute atomic E-state index is 12.2. The van der Waals surface area contributed by atoms with Crippen molar-refractivity contribution >= 4 is 10.0 Å². The zero-order valence-corrected chi connectivity index (χ0v) is 11.2. The maximum Gasteiger partial charge on any atom is 0.214 e. The van der Waals surface area contributed by atoms with E-state index in [-0.39, 0.29) is 11.5 Å². The number of piperazine rings is 1. The molecule has 2 heterocycles. The minimum absolute atomic E-state index is 0.00458. The molecule has 0 aromatic rings. The van der Waals surface area contributed by atoms with Crippen molar-refractivity contribution in [2.24, 2.45) is 5.41 Å². The molecule has 2 rings (SSSR count). The van der Waals surface area contributed by atoms with Gasteiger partial charge in [-0.25, -0.2) is 8.42 Å². The summed E-state index contributed by atoms with van der Waals surface area (Å²) in [6.07, 6.45) is 1.76. The second-order valence-electron chi connectivity index (χ2n) is 6.01. The minimum atomic E-state index is -3.03. The van der Waals surface area contributed by atoms with E-state index in [9.17, 15) is 8.42 Å². The SMILES string of the molecule is CC(C)(C)C1CNC2CCCS(=O)(=O)N1C2. The van der Waals surface area contributed by atoms with Gasteiger partial charge in [-0.05, 0) is 18.3 Å². The van der Waals surface area contributed by atoms with Crippen molar-refractivity contribution in [2.75, 3.05) is 18.8 Å². The predicted octanol–water partition coefficient (Wildman–Crippen LogP) is 0.799. The van der Waals surface area contributed by atoms with Gasteiger partial charge in [-0.1, -0.05) is 20.8 Å². The summed E-state index contributed by atoms with van der Waals surface area (Å²) in [5.74, 6) is 0.317. The van der Waals surface area contributed by atoms with E-state index >= 15 is 0 Å². The van der Waals surface area contributed by atoms with Gasteiger partial charge in [-0.15, -0.1) is 0 Å². The smallest absolute Gasteiger partial charge is 0.214 e. The van der Waals surface area contributed by atoms with Crippen LogP contribution < -0.4 is 5.32 Å². The highest BCUT2D eigenvalue weighted by Gasteiger charge is 2.42. The van der Waals surface area contributed by atoms with E-state index in [1.165, 1.54) is 0 Å². The number of nitrogens with zero attached hydrogens (tertiary/aromatic N) is 1. The molecule has 2 aliphatic rings. The Morgan fingerprint density at radius 2 is 2.00 bits per heavy atom. The average Bonchev–Trinajstić information content (AvgIpc) is 2.24. The van der Waals surface area contributed by atoms with E-state index < -0.39 is 10.0 Å². The third-order valence-electron chi connectivity index (χ3n) is 3.66. The molecule has 5 heteroatoms. The highest BCUT2D eigenvalue weighted by Crippen LogP contribution is 2.31. The van der Waals surface area contributed by atoms with Crippen LogP contribution in [0.5, 0.6) is 0 Å². The molecule has 2 saturated heterocycles. The molecule has 3 atom stereocenters. The summed E-state index contributed by atoms with van der Waals surface area (Å²) in [7, 11) is -3.03. The number of rotatable bonds is 0. The van der Waals surface area contributed by atoms with Crippen LogP contribution in [0.4, 0.5) is 0 Å².